The first-order valence-corrected chi connectivity index (χ1v) is 8.59. The average molecular weight is 292 g/mol. The lowest BCUT2D eigenvalue weighted by molar-refractivity contribution is 0.0905. The molecule has 2 rings (SSSR count). The maximum Gasteiger partial charge on any atom is 0.122 e. The minimum atomic E-state index is 0.493. The standard InChI is InChI=1S/C18H32N2O/c1-5-18(6-2)8-10-20(11-9-18)14-16-7-12-21-17(16)13-19-15(3)4/h7,12,15,19H,5-6,8-11,13-14H2,1-4H3. The smallest absolute Gasteiger partial charge is 0.122 e. The highest BCUT2D eigenvalue weighted by atomic mass is 16.3. The summed E-state index contributed by atoms with van der Waals surface area (Å²) in [6, 6.07) is 2.63. The van der Waals surface area contributed by atoms with E-state index in [1.165, 1.54) is 44.3 Å². The minimum Gasteiger partial charge on any atom is -0.468 e. The largest absolute Gasteiger partial charge is 0.468 e. The van der Waals surface area contributed by atoms with Gasteiger partial charge in [0.25, 0.3) is 0 Å². The average Bonchev–Trinajstić information content (AvgIpc) is 2.93. The van der Waals surface area contributed by atoms with Crippen LogP contribution in [0.4, 0.5) is 0 Å². The minimum absolute atomic E-state index is 0.493. The van der Waals surface area contributed by atoms with Crippen molar-refractivity contribution in [1.82, 2.24) is 10.2 Å². The molecule has 21 heavy (non-hydrogen) atoms. The number of hydrogen-bond donors (Lipinski definition) is 1. The number of nitrogens with zero attached hydrogens (tertiary/aromatic N) is 1. The zero-order valence-corrected chi connectivity index (χ0v) is 14.2. The van der Waals surface area contributed by atoms with Gasteiger partial charge in [-0.15, -0.1) is 0 Å². The molecule has 3 heteroatoms. The van der Waals surface area contributed by atoms with Crippen molar-refractivity contribution in [2.24, 2.45) is 5.41 Å². The maximum atomic E-state index is 5.65. The second kappa shape index (κ2) is 7.46. The van der Waals surface area contributed by atoms with Crippen LogP contribution in [-0.2, 0) is 13.1 Å². The van der Waals surface area contributed by atoms with E-state index in [1.54, 1.807) is 0 Å². The fourth-order valence-electron chi connectivity index (χ4n) is 3.34. The van der Waals surface area contributed by atoms with E-state index in [-0.39, 0.29) is 0 Å². The van der Waals surface area contributed by atoms with Crippen LogP contribution in [0.15, 0.2) is 16.7 Å². The molecule has 2 heterocycles. The molecule has 0 unspecified atom stereocenters. The third kappa shape index (κ3) is 4.33. The zero-order valence-electron chi connectivity index (χ0n) is 14.2. The van der Waals surface area contributed by atoms with Crippen molar-refractivity contribution in [1.29, 1.82) is 0 Å². The molecule has 0 bridgehead atoms. The Hall–Kier alpha value is -0.800. The van der Waals surface area contributed by atoms with Crippen molar-refractivity contribution >= 4 is 0 Å². The predicted molar refractivity (Wildman–Crippen MR) is 88.2 cm³/mol. The summed E-state index contributed by atoms with van der Waals surface area (Å²) in [4.78, 5) is 2.59. The molecule has 3 nitrogen and oxygen atoms in total. The number of rotatable bonds is 7. The van der Waals surface area contributed by atoms with Gasteiger partial charge >= 0.3 is 0 Å². The molecular weight excluding hydrogens is 260 g/mol. The van der Waals surface area contributed by atoms with Crippen LogP contribution < -0.4 is 5.32 Å². The van der Waals surface area contributed by atoms with Gasteiger partial charge in [-0.2, -0.15) is 0 Å². The Morgan fingerprint density at radius 1 is 1.24 bits per heavy atom. The highest BCUT2D eigenvalue weighted by molar-refractivity contribution is 5.17. The quantitative estimate of drug-likeness (QED) is 0.817. The summed E-state index contributed by atoms with van der Waals surface area (Å²) in [6.07, 6.45) is 7.17. The second-order valence-corrected chi connectivity index (χ2v) is 6.89. The van der Waals surface area contributed by atoms with Crippen molar-refractivity contribution in [2.75, 3.05) is 13.1 Å². The Bertz CT molecular complexity index is 411. The zero-order chi connectivity index (χ0) is 15.3. The number of nitrogens with one attached hydrogen (secondary N) is 1. The third-order valence-corrected chi connectivity index (χ3v) is 5.32. The van der Waals surface area contributed by atoms with Gasteiger partial charge in [0.05, 0.1) is 12.8 Å². The molecule has 1 aliphatic rings. The summed E-state index contributed by atoms with van der Waals surface area (Å²) in [5.41, 5.74) is 1.96. The SMILES string of the molecule is CCC1(CC)CCN(Cc2ccoc2CNC(C)C)CC1. The van der Waals surface area contributed by atoms with Crippen LogP contribution in [-0.4, -0.2) is 24.0 Å². The summed E-state index contributed by atoms with van der Waals surface area (Å²) in [7, 11) is 0. The van der Waals surface area contributed by atoms with Gasteiger partial charge < -0.3 is 9.73 Å². The van der Waals surface area contributed by atoms with Crippen LogP contribution in [0.3, 0.4) is 0 Å². The monoisotopic (exact) mass is 292 g/mol. The lowest BCUT2D eigenvalue weighted by Gasteiger charge is -2.41. The summed E-state index contributed by atoms with van der Waals surface area (Å²) in [5, 5.41) is 3.44. The number of piperidine rings is 1. The fourth-order valence-corrected chi connectivity index (χ4v) is 3.34. The Morgan fingerprint density at radius 2 is 1.90 bits per heavy atom. The fraction of sp³-hybridized carbons (Fsp3) is 0.778. The predicted octanol–water partition coefficient (Wildman–Crippen LogP) is 4.18. The first-order chi connectivity index (χ1) is 10.1. The van der Waals surface area contributed by atoms with Crippen molar-refractivity contribution in [3.8, 4) is 0 Å². The molecule has 0 amide bonds. The van der Waals surface area contributed by atoms with Crippen molar-refractivity contribution in [3.05, 3.63) is 23.7 Å². The van der Waals surface area contributed by atoms with E-state index in [4.69, 9.17) is 4.42 Å². The molecule has 1 N–H and O–H groups in total. The molecule has 1 aromatic rings. The van der Waals surface area contributed by atoms with Gasteiger partial charge in [-0.25, -0.2) is 0 Å². The van der Waals surface area contributed by atoms with Gasteiger partial charge in [0.1, 0.15) is 5.76 Å². The highest BCUT2D eigenvalue weighted by Gasteiger charge is 2.31. The normalized spacial score (nSPS) is 19.3. The van der Waals surface area contributed by atoms with Crippen molar-refractivity contribution < 1.29 is 4.42 Å². The van der Waals surface area contributed by atoms with Crippen LogP contribution >= 0.6 is 0 Å². The Labute approximate surface area is 130 Å². The molecule has 1 fully saturated rings. The van der Waals surface area contributed by atoms with E-state index in [1.807, 2.05) is 6.26 Å². The maximum absolute atomic E-state index is 5.65. The second-order valence-electron chi connectivity index (χ2n) is 6.89. The molecule has 1 saturated heterocycles. The lowest BCUT2D eigenvalue weighted by Crippen LogP contribution is -2.39. The number of furan rings is 1. The Kier molecular flexibility index (Phi) is 5.88. The van der Waals surface area contributed by atoms with E-state index < -0.39 is 0 Å². The lowest BCUT2D eigenvalue weighted by atomic mass is 9.74. The van der Waals surface area contributed by atoms with Crippen LogP contribution in [0, 0.1) is 5.41 Å². The van der Waals surface area contributed by atoms with Gasteiger partial charge in [-0.3, -0.25) is 4.90 Å². The van der Waals surface area contributed by atoms with Gasteiger partial charge in [0, 0.05) is 18.2 Å². The number of hydrogen-bond acceptors (Lipinski definition) is 3. The first-order valence-electron chi connectivity index (χ1n) is 8.59. The van der Waals surface area contributed by atoms with Gasteiger partial charge in [0.2, 0.25) is 0 Å². The summed E-state index contributed by atoms with van der Waals surface area (Å²) < 4.78 is 5.65. The number of likely N-dealkylation sites (tertiary alicyclic amines) is 1. The van der Waals surface area contributed by atoms with Gasteiger partial charge in [0.15, 0.2) is 0 Å². The van der Waals surface area contributed by atoms with Gasteiger partial charge in [-0.1, -0.05) is 40.5 Å². The summed E-state index contributed by atoms with van der Waals surface area (Å²) >= 11 is 0. The molecule has 0 radical (unpaired) electrons. The molecule has 120 valence electrons. The summed E-state index contributed by atoms with van der Waals surface area (Å²) in [5.74, 6) is 1.10. The van der Waals surface area contributed by atoms with Crippen LogP contribution in [0.25, 0.3) is 0 Å². The van der Waals surface area contributed by atoms with Gasteiger partial charge in [-0.05, 0) is 37.4 Å². The van der Waals surface area contributed by atoms with Crippen LogP contribution in [0.2, 0.25) is 0 Å². The molecule has 0 saturated carbocycles. The molecule has 0 aliphatic carbocycles. The topological polar surface area (TPSA) is 28.4 Å². The van der Waals surface area contributed by atoms with Crippen molar-refractivity contribution in [2.45, 2.75) is 72.5 Å². The third-order valence-electron chi connectivity index (χ3n) is 5.32. The van der Waals surface area contributed by atoms with Crippen molar-refractivity contribution in [3.63, 3.8) is 0 Å². The van der Waals surface area contributed by atoms with E-state index in [9.17, 15) is 0 Å². The van der Waals surface area contributed by atoms with E-state index >= 15 is 0 Å². The van der Waals surface area contributed by atoms with E-state index in [2.05, 4.69) is 44.0 Å². The Morgan fingerprint density at radius 3 is 2.48 bits per heavy atom. The van der Waals surface area contributed by atoms with E-state index in [0.717, 1.165) is 18.8 Å². The molecule has 1 aliphatic heterocycles. The molecule has 0 aromatic carbocycles. The summed E-state index contributed by atoms with van der Waals surface area (Å²) in [6.45, 7) is 13.4. The van der Waals surface area contributed by atoms with Crippen LogP contribution in [0.5, 0.6) is 0 Å². The highest BCUT2D eigenvalue weighted by Crippen LogP contribution is 2.38. The Balaban J connectivity index is 1.88. The van der Waals surface area contributed by atoms with E-state index in [0.29, 0.717) is 11.5 Å². The molecule has 1 aromatic heterocycles. The molecular formula is C18H32N2O. The molecule has 0 atom stereocenters. The first kappa shape index (κ1) is 16.6. The molecule has 0 spiro atoms. The van der Waals surface area contributed by atoms with Crippen LogP contribution in [0.1, 0.15) is 64.7 Å².